The van der Waals surface area contributed by atoms with Crippen molar-refractivity contribution in [3.05, 3.63) is 29.8 Å². The van der Waals surface area contributed by atoms with Gasteiger partial charge in [-0.25, -0.2) is 0 Å². The lowest BCUT2D eigenvalue weighted by Crippen LogP contribution is -2.48. The molecule has 9 N–H and O–H groups in total. The van der Waals surface area contributed by atoms with Crippen LogP contribution in [0.25, 0.3) is 0 Å². The van der Waals surface area contributed by atoms with Gasteiger partial charge in [-0.05, 0) is 50.8 Å². The molecule has 0 fully saturated rings. The minimum Gasteiger partial charge on any atom is -0.508 e. The van der Waals surface area contributed by atoms with Gasteiger partial charge in [0.25, 0.3) is 0 Å². The van der Waals surface area contributed by atoms with Crippen LogP contribution in [0.15, 0.2) is 24.3 Å². The van der Waals surface area contributed by atoms with Crippen LogP contribution >= 0.6 is 0 Å². The zero-order valence-electron chi connectivity index (χ0n) is 30.3. The Balaban J connectivity index is 2.39. The number of hydrogen-bond donors (Lipinski definition) is 7. The number of unbranched alkanes of at least 4 members (excludes halogenated alkanes) is 1. The lowest BCUT2D eigenvalue weighted by molar-refractivity contribution is -0.133. The number of Topliss-reactive ketones (excluding diaryl/α,β-unsaturated/α-hetero) is 2. The highest BCUT2D eigenvalue weighted by Gasteiger charge is 2.29. The zero-order valence-corrected chi connectivity index (χ0v) is 30.3. The predicted molar refractivity (Wildman–Crippen MR) is 189 cm³/mol. The van der Waals surface area contributed by atoms with Crippen LogP contribution in [0.3, 0.4) is 0 Å². The first-order valence-electron chi connectivity index (χ1n) is 17.5. The van der Waals surface area contributed by atoms with Gasteiger partial charge < -0.3 is 56.6 Å². The van der Waals surface area contributed by atoms with Gasteiger partial charge in [-0.15, -0.1) is 0 Å². The van der Waals surface area contributed by atoms with E-state index in [1.165, 1.54) is 19.1 Å². The number of nitrogens with one attached hydrogen (secondary N) is 3. The normalized spacial score (nSPS) is 13.4. The van der Waals surface area contributed by atoms with E-state index >= 15 is 0 Å². The smallest absolute Gasteiger partial charge is 0.246 e. The summed E-state index contributed by atoms with van der Waals surface area (Å²) in [5.41, 5.74) is 12.0. The van der Waals surface area contributed by atoms with E-state index in [2.05, 4.69) is 16.0 Å². The molecule has 0 heterocycles. The van der Waals surface area contributed by atoms with Crippen molar-refractivity contribution in [3.8, 4) is 5.75 Å². The molecule has 294 valence electrons. The van der Waals surface area contributed by atoms with Gasteiger partial charge >= 0.3 is 0 Å². The number of aromatic hydroxyl groups is 1. The molecular weight excluding hydrogens is 682 g/mol. The highest BCUT2D eigenvalue weighted by molar-refractivity contribution is 5.94. The number of phenolic OH excluding ortho intramolecular Hbond substituents is 1. The molecule has 1 aromatic carbocycles. The number of carbonyl (C=O) groups is 6. The van der Waals surface area contributed by atoms with E-state index in [9.17, 15) is 39.0 Å². The average molecular weight is 740 g/mol. The third-order valence-corrected chi connectivity index (χ3v) is 7.83. The summed E-state index contributed by atoms with van der Waals surface area (Å²) in [4.78, 5) is 74.0. The summed E-state index contributed by atoms with van der Waals surface area (Å²) in [6, 6.07) is 4.31. The second-order valence-electron chi connectivity index (χ2n) is 12.1. The molecule has 0 aliphatic heterocycles. The van der Waals surface area contributed by atoms with Crippen LogP contribution in [-0.2, 0) is 54.1 Å². The number of ketones is 2. The Morgan fingerprint density at radius 1 is 0.769 bits per heavy atom. The van der Waals surface area contributed by atoms with Crippen LogP contribution in [0.1, 0.15) is 51.5 Å². The van der Waals surface area contributed by atoms with Gasteiger partial charge in [0.2, 0.25) is 23.6 Å². The monoisotopic (exact) mass is 739 g/mol. The van der Waals surface area contributed by atoms with Crippen LogP contribution in [0.5, 0.6) is 5.75 Å². The van der Waals surface area contributed by atoms with Crippen molar-refractivity contribution in [1.82, 2.24) is 16.0 Å². The Morgan fingerprint density at radius 2 is 1.35 bits per heavy atom. The van der Waals surface area contributed by atoms with Crippen molar-refractivity contribution < 1.29 is 57.9 Å². The van der Waals surface area contributed by atoms with Crippen LogP contribution in [0.4, 0.5) is 0 Å². The second kappa shape index (κ2) is 27.6. The number of hydrogen-bond acceptors (Lipinski definition) is 13. The molecule has 52 heavy (non-hydrogen) atoms. The number of primary amides is 1. The quantitative estimate of drug-likeness (QED) is 0.0446. The highest BCUT2D eigenvalue weighted by atomic mass is 16.5. The van der Waals surface area contributed by atoms with Crippen molar-refractivity contribution in [2.75, 3.05) is 72.6 Å². The summed E-state index contributed by atoms with van der Waals surface area (Å²) >= 11 is 0. The van der Waals surface area contributed by atoms with Crippen molar-refractivity contribution in [2.45, 2.75) is 64.5 Å². The molecule has 0 radical (unpaired) electrons. The second-order valence-corrected chi connectivity index (χ2v) is 12.1. The summed E-state index contributed by atoms with van der Waals surface area (Å²) in [7, 11) is 0. The van der Waals surface area contributed by atoms with Crippen molar-refractivity contribution >= 4 is 35.2 Å². The molecule has 17 heteroatoms. The molecule has 0 aromatic heterocycles. The highest BCUT2D eigenvalue weighted by Crippen LogP contribution is 2.20. The van der Waals surface area contributed by atoms with Gasteiger partial charge in [-0.2, -0.15) is 0 Å². The molecule has 1 unspecified atom stereocenters. The zero-order chi connectivity index (χ0) is 38.7. The average Bonchev–Trinajstić information content (AvgIpc) is 3.11. The maximum atomic E-state index is 13.1. The van der Waals surface area contributed by atoms with Gasteiger partial charge in [-0.3, -0.25) is 28.8 Å². The number of nitrogens with two attached hydrogens (primary N) is 2. The molecule has 0 bridgehead atoms. The van der Waals surface area contributed by atoms with E-state index in [-0.39, 0.29) is 69.7 Å². The number of rotatable bonds is 31. The molecule has 0 saturated carbocycles. The first-order valence-corrected chi connectivity index (χ1v) is 17.5. The number of aliphatic hydroxyl groups is 1. The molecule has 1 aromatic rings. The van der Waals surface area contributed by atoms with E-state index in [1.807, 2.05) is 0 Å². The van der Waals surface area contributed by atoms with Crippen molar-refractivity contribution in [2.24, 2.45) is 23.3 Å². The lowest BCUT2D eigenvalue weighted by atomic mass is 9.86. The minimum atomic E-state index is -1.09. The van der Waals surface area contributed by atoms with Crippen LogP contribution in [0.2, 0.25) is 0 Å². The van der Waals surface area contributed by atoms with E-state index in [4.69, 9.17) is 30.4 Å². The number of aliphatic hydroxyl groups excluding tert-OH is 1. The van der Waals surface area contributed by atoms with Gasteiger partial charge in [0, 0.05) is 38.5 Å². The Hall–Kier alpha value is -4.00. The summed E-state index contributed by atoms with van der Waals surface area (Å²) in [5, 5.41) is 26.9. The summed E-state index contributed by atoms with van der Waals surface area (Å²) < 4.78 is 21.0. The van der Waals surface area contributed by atoms with Gasteiger partial charge in [0.15, 0.2) is 5.78 Å². The number of phenols is 1. The van der Waals surface area contributed by atoms with Gasteiger partial charge in [-0.1, -0.05) is 18.6 Å². The van der Waals surface area contributed by atoms with E-state index in [1.54, 1.807) is 19.1 Å². The lowest BCUT2D eigenvalue weighted by Gasteiger charge is -2.21. The standard InChI is InChI=1S/C35H57N5O12/c1-3-49-22-32(45)39-12-13-50-14-15-51-16-17-52-23-33(46)38-11-5-4-6-26(31(44)20-27(21-41)34(37)47)19-30(43)24(2)40-35(48)29(36)18-25-7-9-28(42)10-8-25/h7-10,24,26-27,29,41-42H,3-6,11-23,36H2,1-2H3,(H2,37,47)(H,38,46)(H,39,45)(H,40,48)/t24?,26-,27+,29+/m1/s1. The SMILES string of the molecule is CCOCC(=O)NCCOCCOCCOCC(=O)NCCCC[C@H](CC(=O)C(C)NC(=O)[C@@H](N)Cc1ccc(O)cc1)C(=O)C[C@@H](CO)C(N)=O. The fourth-order valence-electron chi connectivity index (χ4n) is 4.75. The Labute approximate surface area is 304 Å². The molecule has 0 saturated heterocycles. The molecule has 1 rings (SSSR count). The molecule has 4 amide bonds. The molecule has 0 aliphatic rings. The Bertz CT molecular complexity index is 1230. The maximum Gasteiger partial charge on any atom is 0.246 e. The van der Waals surface area contributed by atoms with Crippen molar-refractivity contribution in [3.63, 3.8) is 0 Å². The third kappa shape index (κ3) is 21.4. The first kappa shape index (κ1) is 46.0. The number of carbonyl (C=O) groups excluding carboxylic acids is 6. The predicted octanol–water partition coefficient (Wildman–Crippen LogP) is -1.12. The fourth-order valence-corrected chi connectivity index (χ4v) is 4.75. The van der Waals surface area contributed by atoms with Crippen LogP contribution < -0.4 is 27.4 Å². The number of ether oxygens (including phenoxy) is 4. The fraction of sp³-hybridized carbons (Fsp3) is 0.657. The van der Waals surface area contributed by atoms with E-state index in [0.29, 0.717) is 52.4 Å². The van der Waals surface area contributed by atoms with E-state index < -0.39 is 53.9 Å². The summed E-state index contributed by atoms with van der Waals surface area (Å²) in [6.45, 7) is 5.12. The molecule has 17 nitrogen and oxygen atoms in total. The van der Waals surface area contributed by atoms with E-state index in [0.717, 1.165) is 5.56 Å². The van der Waals surface area contributed by atoms with Crippen LogP contribution in [0, 0.1) is 11.8 Å². The molecule has 0 aliphatic carbocycles. The van der Waals surface area contributed by atoms with Crippen molar-refractivity contribution in [1.29, 1.82) is 0 Å². The maximum absolute atomic E-state index is 13.1. The number of benzene rings is 1. The van der Waals surface area contributed by atoms with Gasteiger partial charge in [0.1, 0.15) is 24.7 Å². The molecule has 0 spiro atoms. The van der Waals surface area contributed by atoms with Gasteiger partial charge in [0.05, 0.1) is 57.6 Å². The largest absolute Gasteiger partial charge is 0.508 e. The Kier molecular flexibility index (Phi) is 24.4. The molecule has 4 atom stereocenters. The molecular formula is C35H57N5O12. The Morgan fingerprint density at radius 3 is 1.96 bits per heavy atom. The topological polar surface area (TPSA) is 268 Å². The third-order valence-electron chi connectivity index (χ3n) is 7.83. The minimum absolute atomic E-state index is 0.0180. The summed E-state index contributed by atoms with van der Waals surface area (Å²) in [6.07, 6.45) is 0.837. The number of amides is 4. The van der Waals surface area contributed by atoms with Crippen LogP contribution in [-0.4, -0.2) is 130 Å². The summed E-state index contributed by atoms with van der Waals surface area (Å²) in [5.74, 6) is -4.57. The first-order chi connectivity index (χ1) is 24.9.